The minimum Gasteiger partial charge on any atom is -0.496 e. The molecule has 0 bridgehead atoms. The quantitative estimate of drug-likeness (QED) is 0.291. The van der Waals surface area contributed by atoms with Crippen LogP contribution < -0.4 is 15.8 Å². The molecule has 1 aliphatic rings. The van der Waals surface area contributed by atoms with Crippen molar-refractivity contribution in [2.75, 3.05) is 19.4 Å². The number of para-hydroxylation sites is 1. The third-order valence-corrected chi connectivity index (χ3v) is 5.44. The number of nitrogens with zero attached hydrogens (tertiary/aromatic N) is 6. The lowest BCUT2D eigenvalue weighted by Crippen LogP contribution is -2.37. The van der Waals surface area contributed by atoms with E-state index in [0.717, 1.165) is 0 Å². The van der Waals surface area contributed by atoms with Crippen molar-refractivity contribution in [2.45, 2.75) is 31.1 Å². The highest BCUT2D eigenvalue weighted by Gasteiger charge is 2.44. The molecular formula is C20H22N8O5. The molecule has 3 aromatic heterocycles. The summed E-state index contributed by atoms with van der Waals surface area (Å²) in [6, 6.07) is 7.36. The summed E-state index contributed by atoms with van der Waals surface area (Å²) in [4.78, 5) is 16.6. The molecule has 5 N–H and O–H groups in total. The van der Waals surface area contributed by atoms with Gasteiger partial charge in [-0.2, -0.15) is 4.98 Å². The van der Waals surface area contributed by atoms with Crippen LogP contribution in [0, 0.1) is 0 Å². The SMILES string of the molecule is COc1ccccc1-c1noc(CNCC2OC(n3cnc4c(N)ncnc43)C(O)C2O)n1. The van der Waals surface area contributed by atoms with E-state index in [0.29, 0.717) is 34.2 Å². The van der Waals surface area contributed by atoms with Gasteiger partial charge in [0.2, 0.25) is 11.7 Å². The van der Waals surface area contributed by atoms with Crippen molar-refractivity contribution in [3.63, 3.8) is 0 Å². The molecule has 13 heteroatoms. The van der Waals surface area contributed by atoms with E-state index in [1.807, 2.05) is 24.3 Å². The summed E-state index contributed by atoms with van der Waals surface area (Å²) in [6.07, 6.45) is -1.15. The molecule has 0 saturated carbocycles. The smallest absolute Gasteiger partial charge is 0.240 e. The number of aromatic nitrogens is 6. The van der Waals surface area contributed by atoms with Crippen LogP contribution in [0.3, 0.4) is 0 Å². The van der Waals surface area contributed by atoms with Gasteiger partial charge in [0, 0.05) is 6.54 Å². The topological polar surface area (TPSA) is 179 Å². The third-order valence-electron chi connectivity index (χ3n) is 5.44. The number of nitrogens with two attached hydrogens (primary N) is 1. The lowest BCUT2D eigenvalue weighted by molar-refractivity contribution is -0.0343. The maximum absolute atomic E-state index is 10.5. The molecule has 0 spiro atoms. The zero-order valence-electron chi connectivity index (χ0n) is 17.6. The Bertz CT molecular complexity index is 1260. The second kappa shape index (κ2) is 8.71. The number of fused-ring (bicyclic) bond motifs is 1. The van der Waals surface area contributed by atoms with Crippen LogP contribution in [0.5, 0.6) is 5.75 Å². The van der Waals surface area contributed by atoms with Crippen LogP contribution in [-0.2, 0) is 11.3 Å². The molecule has 0 radical (unpaired) electrons. The van der Waals surface area contributed by atoms with Crippen LogP contribution >= 0.6 is 0 Å². The molecule has 5 rings (SSSR count). The summed E-state index contributed by atoms with van der Waals surface area (Å²) in [6.45, 7) is 0.470. The molecule has 172 valence electrons. The third kappa shape index (κ3) is 3.87. The van der Waals surface area contributed by atoms with Crippen molar-refractivity contribution < 1.29 is 24.2 Å². The van der Waals surface area contributed by atoms with Gasteiger partial charge in [0.15, 0.2) is 17.7 Å². The van der Waals surface area contributed by atoms with E-state index >= 15 is 0 Å². The van der Waals surface area contributed by atoms with Crippen molar-refractivity contribution in [1.29, 1.82) is 0 Å². The molecule has 1 aromatic carbocycles. The summed E-state index contributed by atoms with van der Waals surface area (Å²) in [7, 11) is 1.57. The Kier molecular flexibility index (Phi) is 5.60. The van der Waals surface area contributed by atoms with Crippen molar-refractivity contribution in [3.05, 3.63) is 42.8 Å². The lowest BCUT2D eigenvalue weighted by Gasteiger charge is -2.16. The Morgan fingerprint density at radius 1 is 1.18 bits per heavy atom. The lowest BCUT2D eigenvalue weighted by atomic mass is 10.1. The summed E-state index contributed by atoms with van der Waals surface area (Å²) in [5, 5.41) is 28.1. The van der Waals surface area contributed by atoms with E-state index in [4.69, 9.17) is 19.7 Å². The Hall–Kier alpha value is -3.65. The van der Waals surface area contributed by atoms with Gasteiger partial charge >= 0.3 is 0 Å². The molecule has 0 aliphatic carbocycles. The van der Waals surface area contributed by atoms with Gasteiger partial charge in [-0.15, -0.1) is 0 Å². The second-order valence-electron chi connectivity index (χ2n) is 7.47. The molecule has 1 aliphatic heterocycles. The fourth-order valence-electron chi connectivity index (χ4n) is 3.77. The van der Waals surface area contributed by atoms with Crippen LogP contribution in [0.2, 0.25) is 0 Å². The maximum atomic E-state index is 10.5. The molecule has 4 unspecified atom stereocenters. The van der Waals surface area contributed by atoms with Crippen LogP contribution in [0.1, 0.15) is 12.1 Å². The number of anilines is 1. The van der Waals surface area contributed by atoms with E-state index < -0.39 is 24.5 Å². The molecule has 33 heavy (non-hydrogen) atoms. The number of hydrogen-bond acceptors (Lipinski definition) is 12. The van der Waals surface area contributed by atoms with Crippen LogP contribution in [0.15, 0.2) is 41.4 Å². The van der Waals surface area contributed by atoms with Crippen molar-refractivity contribution >= 4 is 17.0 Å². The number of benzene rings is 1. The van der Waals surface area contributed by atoms with Crippen LogP contribution in [0.4, 0.5) is 5.82 Å². The van der Waals surface area contributed by atoms with Crippen LogP contribution in [0.25, 0.3) is 22.6 Å². The summed E-state index contributed by atoms with van der Waals surface area (Å²) in [5.74, 6) is 1.62. The highest BCUT2D eigenvalue weighted by atomic mass is 16.6. The van der Waals surface area contributed by atoms with E-state index in [9.17, 15) is 10.2 Å². The zero-order chi connectivity index (χ0) is 22.9. The highest BCUT2D eigenvalue weighted by molar-refractivity contribution is 5.81. The minimum absolute atomic E-state index is 0.219. The highest BCUT2D eigenvalue weighted by Crippen LogP contribution is 2.32. The van der Waals surface area contributed by atoms with E-state index in [1.165, 1.54) is 17.2 Å². The number of rotatable bonds is 7. The largest absolute Gasteiger partial charge is 0.496 e. The van der Waals surface area contributed by atoms with E-state index in [1.54, 1.807) is 7.11 Å². The van der Waals surface area contributed by atoms with Gasteiger partial charge in [0.05, 0.1) is 25.5 Å². The summed E-state index contributed by atoms with van der Waals surface area (Å²) >= 11 is 0. The first-order valence-electron chi connectivity index (χ1n) is 10.2. The first-order chi connectivity index (χ1) is 16.1. The number of imidazole rings is 1. The first kappa shape index (κ1) is 21.2. The molecule has 1 fully saturated rings. The van der Waals surface area contributed by atoms with Crippen LogP contribution in [-0.4, -0.2) is 71.8 Å². The predicted octanol–water partition coefficient (Wildman–Crippen LogP) is -0.124. The Balaban J connectivity index is 1.23. The number of nitrogens with one attached hydrogen (secondary N) is 1. The monoisotopic (exact) mass is 454 g/mol. The normalized spacial score (nSPS) is 22.8. The van der Waals surface area contributed by atoms with Gasteiger partial charge in [-0.25, -0.2) is 15.0 Å². The summed E-state index contributed by atoms with van der Waals surface area (Å²) in [5.41, 5.74) is 7.33. The van der Waals surface area contributed by atoms with E-state index in [2.05, 4.69) is 30.4 Å². The molecule has 13 nitrogen and oxygen atoms in total. The molecule has 0 amide bonds. The second-order valence-corrected chi connectivity index (χ2v) is 7.47. The average Bonchev–Trinajstić information content (AvgIpc) is 3.54. The Morgan fingerprint density at radius 3 is 2.88 bits per heavy atom. The maximum Gasteiger partial charge on any atom is 0.240 e. The number of ether oxygens (including phenoxy) is 2. The first-order valence-corrected chi connectivity index (χ1v) is 10.2. The molecule has 4 atom stereocenters. The number of aliphatic hydroxyl groups excluding tert-OH is 2. The fraction of sp³-hybridized carbons (Fsp3) is 0.350. The van der Waals surface area contributed by atoms with Gasteiger partial charge < -0.3 is 35.3 Å². The van der Waals surface area contributed by atoms with Gasteiger partial charge in [0.25, 0.3) is 0 Å². The zero-order valence-corrected chi connectivity index (χ0v) is 17.6. The van der Waals surface area contributed by atoms with Gasteiger partial charge in [-0.1, -0.05) is 17.3 Å². The number of methoxy groups -OCH3 is 1. The fourth-order valence-corrected chi connectivity index (χ4v) is 3.77. The molecular weight excluding hydrogens is 432 g/mol. The minimum atomic E-state index is -1.19. The van der Waals surface area contributed by atoms with Gasteiger partial charge in [-0.3, -0.25) is 4.57 Å². The van der Waals surface area contributed by atoms with Crippen molar-refractivity contribution in [3.8, 4) is 17.1 Å². The Labute approximate surface area is 187 Å². The number of nitrogen functional groups attached to an aromatic ring is 1. The predicted molar refractivity (Wildman–Crippen MR) is 114 cm³/mol. The standard InChI is InChI=1S/C20H22N8O5/c1-31-11-5-3-2-4-10(11)18-26-13(33-27-18)7-22-6-12-15(29)16(30)20(32-12)28-9-25-14-17(21)23-8-24-19(14)28/h2-5,8-9,12,15-16,20,22,29-30H,6-7H2,1H3,(H2,21,23,24). The molecule has 4 aromatic rings. The van der Waals surface area contributed by atoms with Gasteiger partial charge in [-0.05, 0) is 12.1 Å². The van der Waals surface area contributed by atoms with E-state index in [-0.39, 0.29) is 18.9 Å². The molecule has 1 saturated heterocycles. The summed E-state index contributed by atoms with van der Waals surface area (Å²) < 4.78 is 18.1. The van der Waals surface area contributed by atoms with Crippen molar-refractivity contribution in [2.24, 2.45) is 0 Å². The van der Waals surface area contributed by atoms with Crippen molar-refractivity contribution in [1.82, 2.24) is 35.0 Å². The Morgan fingerprint density at radius 2 is 2.03 bits per heavy atom. The number of aliphatic hydroxyl groups is 2. The molecule has 4 heterocycles. The number of hydrogen-bond donors (Lipinski definition) is 4. The van der Waals surface area contributed by atoms with Gasteiger partial charge in [0.1, 0.15) is 35.9 Å². The average molecular weight is 454 g/mol.